The van der Waals surface area contributed by atoms with Crippen molar-refractivity contribution < 1.29 is 8.83 Å². The molecule has 0 bridgehead atoms. The Balaban J connectivity index is 0.890. The molecule has 0 atom stereocenters. The van der Waals surface area contributed by atoms with Gasteiger partial charge in [0, 0.05) is 60.6 Å². The Kier molecular flexibility index (Phi) is 11.6. The van der Waals surface area contributed by atoms with E-state index in [1.807, 2.05) is 45.3 Å². The molecule has 0 aliphatic rings. The summed E-state index contributed by atoms with van der Waals surface area (Å²) in [4.78, 5) is 10.8. The quantitative estimate of drug-likeness (QED) is 0.0807. The predicted molar refractivity (Wildman–Crippen MR) is 248 cm³/mol. The molecule has 56 heavy (non-hydrogen) atoms. The molecule has 9 rings (SSSR count). The largest absolute Gasteiger partial charge is 0.452 e. The number of furan rings is 2. The van der Waals surface area contributed by atoms with Gasteiger partial charge in [-0.15, -0.1) is 45.3 Å². The van der Waals surface area contributed by atoms with Crippen LogP contribution < -0.4 is 0 Å². The first-order valence-corrected chi connectivity index (χ1v) is 24.1. The van der Waals surface area contributed by atoms with E-state index in [2.05, 4.69) is 111 Å². The molecule has 0 fully saturated rings. The van der Waals surface area contributed by atoms with Crippen LogP contribution in [0.1, 0.15) is 101 Å². The Morgan fingerprint density at radius 2 is 0.821 bits per heavy atom. The second-order valence-electron chi connectivity index (χ2n) is 15.4. The van der Waals surface area contributed by atoms with Gasteiger partial charge in [0.25, 0.3) is 0 Å². The zero-order chi connectivity index (χ0) is 37.8. The number of thiophene rings is 4. The summed E-state index contributed by atoms with van der Waals surface area (Å²) in [5, 5.41) is 4.51. The number of unbranched alkanes of at least 4 members (excludes halogenated alkanes) is 10. The highest BCUT2D eigenvalue weighted by molar-refractivity contribution is 7.29. The van der Waals surface area contributed by atoms with Gasteiger partial charge >= 0.3 is 0 Å². The molecule has 0 aliphatic carbocycles. The average Bonchev–Trinajstić information content (AvgIpc) is 4.07. The fraction of sp³-hybridized carbons (Fsp3) is 0.320. The van der Waals surface area contributed by atoms with Gasteiger partial charge in [-0.2, -0.15) is 0 Å². The Morgan fingerprint density at radius 1 is 0.375 bits per heavy atom. The number of hydrogen-bond acceptors (Lipinski definition) is 6. The van der Waals surface area contributed by atoms with Gasteiger partial charge in [-0.05, 0) is 116 Å². The molecular weight excluding hydrogens is 761 g/mol. The van der Waals surface area contributed by atoms with Crippen LogP contribution >= 0.6 is 45.3 Å². The Labute approximate surface area is 346 Å². The third kappa shape index (κ3) is 7.96. The Bertz CT molecular complexity index is 2700. The minimum Gasteiger partial charge on any atom is -0.452 e. The highest BCUT2D eigenvalue weighted by atomic mass is 32.1. The summed E-state index contributed by atoms with van der Waals surface area (Å²) in [6.07, 6.45) is 18.3. The average molecular weight is 811 g/mol. The van der Waals surface area contributed by atoms with Gasteiger partial charge in [-0.25, -0.2) is 0 Å². The molecule has 6 heterocycles. The standard InChI is InChI=1S/C50H50O2S4/c1-3-5-7-9-11-13-15-33-17-20-36-38-22-23-39-37-21-18-34(32-41(37)52-50(39)49(38)51-40(36)31-33)42-25-26-45(54-42)46-29-30-48(56-46)47-28-27-44(55-47)43-24-19-35(53-43)16-14-12-10-8-6-4-2/h17-32H,3-16H2,1-2H3. The van der Waals surface area contributed by atoms with Gasteiger partial charge in [-0.1, -0.05) is 96.3 Å². The monoisotopic (exact) mass is 810 g/mol. The molecule has 0 N–H and O–H groups in total. The molecule has 2 nitrogen and oxygen atoms in total. The number of rotatable bonds is 18. The summed E-state index contributed by atoms with van der Waals surface area (Å²) < 4.78 is 13.2. The minimum absolute atomic E-state index is 0.839. The van der Waals surface area contributed by atoms with Crippen LogP contribution in [0.15, 0.2) is 106 Å². The molecule has 286 valence electrons. The zero-order valence-corrected chi connectivity index (χ0v) is 35.9. The van der Waals surface area contributed by atoms with Crippen molar-refractivity contribution in [2.75, 3.05) is 0 Å². The molecule has 6 heteroatoms. The zero-order valence-electron chi connectivity index (χ0n) is 32.6. The summed E-state index contributed by atoms with van der Waals surface area (Å²) >= 11 is 7.64. The van der Waals surface area contributed by atoms with Crippen LogP contribution in [-0.4, -0.2) is 0 Å². The van der Waals surface area contributed by atoms with E-state index in [1.165, 1.54) is 134 Å². The summed E-state index contributed by atoms with van der Waals surface area (Å²) in [6, 6.07) is 36.2. The maximum absolute atomic E-state index is 6.63. The third-order valence-corrected chi connectivity index (χ3v) is 16.3. The predicted octanol–water partition coefficient (Wildman–Crippen LogP) is 18.2. The minimum atomic E-state index is 0.839. The van der Waals surface area contributed by atoms with Gasteiger partial charge in [0.15, 0.2) is 11.2 Å². The molecule has 0 radical (unpaired) electrons. The number of hydrogen-bond donors (Lipinski definition) is 0. The number of aryl methyl sites for hydroxylation is 2. The third-order valence-electron chi connectivity index (χ3n) is 11.2. The lowest BCUT2D eigenvalue weighted by Gasteiger charge is -2.02. The Hall–Kier alpha value is -3.94. The van der Waals surface area contributed by atoms with Crippen LogP contribution in [0.2, 0.25) is 0 Å². The van der Waals surface area contributed by atoms with Gasteiger partial charge < -0.3 is 8.83 Å². The first-order chi connectivity index (χ1) is 27.6. The first kappa shape index (κ1) is 37.6. The van der Waals surface area contributed by atoms with Crippen molar-refractivity contribution >= 4 is 89.2 Å². The lowest BCUT2D eigenvalue weighted by molar-refractivity contribution is 0.607. The van der Waals surface area contributed by atoms with Crippen molar-refractivity contribution in [1.82, 2.24) is 0 Å². The second-order valence-corrected chi connectivity index (χ2v) is 19.8. The van der Waals surface area contributed by atoms with E-state index in [0.29, 0.717) is 0 Å². The number of fused-ring (bicyclic) bond motifs is 7. The van der Waals surface area contributed by atoms with Crippen LogP contribution in [-0.2, 0) is 12.8 Å². The van der Waals surface area contributed by atoms with Crippen LogP contribution in [0.4, 0.5) is 0 Å². The van der Waals surface area contributed by atoms with Crippen molar-refractivity contribution in [1.29, 1.82) is 0 Å². The maximum atomic E-state index is 6.63. The summed E-state index contributed by atoms with van der Waals surface area (Å²) in [6.45, 7) is 4.56. The van der Waals surface area contributed by atoms with E-state index < -0.39 is 0 Å². The lowest BCUT2D eigenvalue weighted by Crippen LogP contribution is -1.86. The second kappa shape index (κ2) is 17.3. The molecule has 6 aromatic heterocycles. The van der Waals surface area contributed by atoms with E-state index in [9.17, 15) is 0 Å². The molecule has 0 unspecified atom stereocenters. The van der Waals surface area contributed by atoms with Crippen molar-refractivity contribution in [3.05, 3.63) is 108 Å². The molecule has 0 spiro atoms. The summed E-state index contributed by atoms with van der Waals surface area (Å²) in [5.41, 5.74) is 6.07. The molecule has 0 saturated heterocycles. The fourth-order valence-corrected chi connectivity index (χ4v) is 12.4. The van der Waals surface area contributed by atoms with E-state index >= 15 is 0 Å². The van der Waals surface area contributed by atoms with Gasteiger partial charge in [0.05, 0.1) is 0 Å². The molecule has 3 aromatic carbocycles. The SMILES string of the molecule is CCCCCCCCc1ccc2c(c1)oc1c2ccc2c3ccc(-c4ccc(-c5ccc(-c6ccc(-c7ccc(CCCCCCCC)s7)s6)s5)s4)cc3oc21. The Morgan fingerprint density at radius 3 is 1.43 bits per heavy atom. The molecule has 0 saturated carbocycles. The first-order valence-electron chi connectivity index (χ1n) is 20.9. The van der Waals surface area contributed by atoms with Crippen LogP contribution in [0.3, 0.4) is 0 Å². The lowest BCUT2D eigenvalue weighted by atomic mass is 10.0. The molecule has 0 aliphatic heterocycles. The van der Waals surface area contributed by atoms with Crippen molar-refractivity contribution in [3.63, 3.8) is 0 Å². The van der Waals surface area contributed by atoms with Crippen molar-refractivity contribution in [3.8, 4) is 39.7 Å². The highest BCUT2D eigenvalue weighted by Crippen LogP contribution is 2.45. The van der Waals surface area contributed by atoms with E-state index in [1.54, 1.807) is 0 Å². The van der Waals surface area contributed by atoms with Crippen LogP contribution in [0.5, 0.6) is 0 Å². The highest BCUT2D eigenvalue weighted by Gasteiger charge is 2.18. The van der Waals surface area contributed by atoms with E-state index in [4.69, 9.17) is 8.83 Å². The van der Waals surface area contributed by atoms with Gasteiger partial charge in [-0.3, -0.25) is 0 Å². The maximum Gasteiger partial charge on any atom is 0.178 e. The van der Waals surface area contributed by atoms with Gasteiger partial charge in [0.1, 0.15) is 11.2 Å². The summed E-state index contributed by atoms with van der Waals surface area (Å²) in [5.74, 6) is 0. The molecule has 9 aromatic rings. The normalized spacial score (nSPS) is 12.0. The fourth-order valence-electron chi connectivity index (χ4n) is 8.09. The summed E-state index contributed by atoms with van der Waals surface area (Å²) in [7, 11) is 0. The smallest absolute Gasteiger partial charge is 0.178 e. The van der Waals surface area contributed by atoms with Crippen LogP contribution in [0, 0.1) is 0 Å². The topological polar surface area (TPSA) is 26.3 Å². The van der Waals surface area contributed by atoms with E-state index in [0.717, 1.165) is 50.3 Å². The molecule has 0 amide bonds. The van der Waals surface area contributed by atoms with E-state index in [-0.39, 0.29) is 0 Å². The van der Waals surface area contributed by atoms with Gasteiger partial charge in [0.2, 0.25) is 0 Å². The van der Waals surface area contributed by atoms with Crippen LogP contribution in [0.25, 0.3) is 83.6 Å². The molecular formula is C50H50O2S4. The van der Waals surface area contributed by atoms with Crippen molar-refractivity contribution in [2.24, 2.45) is 0 Å². The number of benzene rings is 3. The van der Waals surface area contributed by atoms with Crippen molar-refractivity contribution in [2.45, 2.75) is 104 Å².